The van der Waals surface area contributed by atoms with Crippen LogP contribution in [-0.4, -0.2) is 39.9 Å². The number of piperidine rings is 1. The summed E-state index contributed by atoms with van der Waals surface area (Å²) in [6, 6.07) is 0.0864. The second kappa shape index (κ2) is 6.70. The van der Waals surface area contributed by atoms with Gasteiger partial charge in [-0.05, 0) is 38.0 Å². The highest BCUT2D eigenvalue weighted by atomic mass is 32.1. The Bertz CT molecular complexity index is 600. The standard InChI is InChI=1S/C17H24N4O2S/c22-15(20-16-18-8-9-24-16)14-11-6-7-13(10-11)21(14)17(23)19-12-4-2-1-3-5-12/h8-9,11-14H,1-7,10H2,(H,19,23)(H,18,20,22). The molecular formula is C17H24N4O2S. The van der Waals surface area contributed by atoms with E-state index in [-0.39, 0.29) is 36.0 Å². The predicted molar refractivity (Wildman–Crippen MR) is 92.9 cm³/mol. The van der Waals surface area contributed by atoms with Crippen LogP contribution in [0.15, 0.2) is 11.6 Å². The van der Waals surface area contributed by atoms with Gasteiger partial charge in [-0.25, -0.2) is 9.78 Å². The number of carbonyl (C=O) groups excluding carboxylic acids is 2. The highest BCUT2D eigenvalue weighted by molar-refractivity contribution is 7.13. The molecule has 1 saturated heterocycles. The molecule has 3 atom stereocenters. The first-order valence-electron chi connectivity index (χ1n) is 9.01. The van der Waals surface area contributed by atoms with Gasteiger partial charge in [-0.2, -0.15) is 0 Å². The maximum atomic E-state index is 12.8. The minimum atomic E-state index is -0.351. The lowest BCUT2D eigenvalue weighted by Crippen LogP contribution is -2.56. The second-order valence-corrected chi connectivity index (χ2v) is 8.08. The summed E-state index contributed by atoms with van der Waals surface area (Å²) in [5, 5.41) is 8.51. The van der Waals surface area contributed by atoms with E-state index in [9.17, 15) is 9.59 Å². The van der Waals surface area contributed by atoms with Gasteiger partial charge < -0.3 is 15.5 Å². The molecule has 2 N–H and O–H groups in total. The largest absolute Gasteiger partial charge is 0.335 e. The number of nitrogens with zero attached hydrogens (tertiary/aromatic N) is 2. The Labute approximate surface area is 146 Å². The van der Waals surface area contributed by atoms with E-state index in [1.807, 2.05) is 10.3 Å². The van der Waals surface area contributed by atoms with E-state index < -0.39 is 0 Å². The summed E-state index contributed by atoms with van der Waals surface area (Å²) in [4.78, 5) is 31.5. The molecule has 4 rings (SSSR count). The van der Waals surface area contributed by atoms with Crippen molar-refractivity contribution in [2.75, 3.05) is 5.32 Å². The predicted octanol–water partition coefficient (Wildman–Crippen LogP) is 2.98. The smallest absolute Gasteiger partial charge is 0.318 e. The van der Waals surface area contributed by atoms with Crippen molar-refractivity contribution in [3.8, 4) is 0 Å². The lowest BCUT2D eigenvalue weighted by molar-refractivity contribution is -0.121. The first kappa shape index (κ1) is 15.9. The molecule has 1 aliphatic heterocycles. The second-order valence-electron chi connectivity index (χ2n) is 7.19. The number of fused-ring (bicyclic) bond motifs is 2. The number of hydrogen-bond donors (Lipinski definition) is 2. The molecule has 24 heavy (non-hydrogen) atoms. The van der Waals surface area contributed by atoms with Gasteiger partial charge in [0.1, 0.15) is 6.04 Å². The van der Waals surface area contributed by atoms with E-state index in [2.05, 4.69) is 15.6 Å². The molecule has 2 aliphatic carbocycles. The van der Waals surface area contributed by atoms with Crippen LogP contribution >= 0.6 is 11.3 Å². The highest BCUT2D eigenvalue weighted by Crippen LogP contribution is 2.43. The fourth-order valence-corrected chi connectivity index (χ4v) is 5.11. The molecule has 3 aliphatic rings. The maximum absolute atomic E-state index is 12.8. The summed E-state index contributed by atoms with van der Waals surface area (Å²) in [5.74, 6) is 0.197. The number of thiazole rings is 1. The van der Waals surface area contributed by atoms with Gasteiger partial charge in [0, 0.05) is 23.7 Å². The van der Waals surface area contributed by atoms with Crippen molar-refractivity contribution in [1.82, 2.24) is 15.2 Å². The Morgan fingerprint density at radius 3 is 2.75 bits per heavy atom. The molecule has 3 unspecified atom stereocenters. The molecule has 3 amide bonds. The Kier molecular flexibility index (Phi) is 4.43. The van der Waals surface area contributed by atoms with Crippen molar-refractivity contribution in [2.45, 2.75) is 69.5 Å². The minimum Gasteiger partial charge on any atom is -0.335 e. The van der Waals surface area contributed by atoms with Gasteiger partial charge in [0.2, 0.25) is 5.91 Å². The maximum Gasteiger partial charge on any atom is 0.318 e. The molecule has 130 valence electrons. The Hall–Kier alpha value is -1.63. The summed E-state index contributed by atoms with van der Waals surface area (Å²) in [7, 11) is 0. The number of anilines is 1. The van der Waals surface area contributed by atoms with Gasteiger partial charge in [-0.15, -0.1) is 11.3 Å². The van der Waals surface area contributed by atoms with Crippen LogP contribution in [0, 0.1) is 5.92 Å². The van der Waals surface area contributed by atoms with Gasteiger partial charge >= 0.3 is 6.03 Å². The summed E-state index contributed by atoms with van der Waals surface area (Å²) < 4.78 is 0. The SMILES string of the molecule is O=C(Nc1nccs1)C1C2CCC(C2)N1C(=O)NC1CCCCC1. The number of hydrogen-bond acceptors (Lipinski definition) is 4. The Balaban J connectivity index is 1.45. The topological polar surface area (TPSA) is 74.3 Å². The van der Waals surface area contributed by atoms with Crippen LogP contribution < -0.4 is 10.6 Å². The van der Waals surface area contributed by atoms with Gasteiger partial charge in [0.05, 0.1) is 0 Å². The number of amides is 3. The van der Waals surface area contributed by atoms with Crippen LogP contribution in [0.5, 0.6) is 0 Å². The van der Waals surface area contributed by atoms with Crippen LogP contribution in [0.4, 0.5) is 9.93 Å². The number of carbonyl (C=O) groups is 2. The number of rotatable bonds is 3. The molecule has 0 aromatic carbocycles. The molecule has 2 bridgehead atoms. The Morgan fingerprint density at radius 2 is 2.00 bits per heavy atom. The molecule has 6 nitrogen and oxygen atoms in total. The van der Waals surface area contributed by atoms with Crippen molar-refractivity contribution in [1.29, 1.82) is 0 Å². The van der Waals surface area contributed by atoms with Crippen LogP contribution in [0.2, 0.25) is 0 Å². The van der Waals surface area contributed by atoms with Crippen molar-refractivity contribution >= 4 is 28.4 Å². The average Bonchev–Trinajstić information content (AvgIpc) is 3.32. The summed E-state index contributed by atoms with van der Waals surface area (Å²) in [6.45, 7) is 0. The van der Waals surface area contributed by atoms with Gasteiger partial charge in [-0.1, -0.05) is 19.3 Å². The van der Waals surface area contributed by atoms with E-state index in [4.69, 9.17) is 0 Å². The zero-order valence-electron chi connectivity index (χ0n) is 13.7. The first-order valence-corrected chi connectivity index (χ1v) is 9.89. The number of nitrogens with one attached hydrogen (secondary N) is 2. The lowest BCUT2D eigenvalue weighted by Gasteiger charge is -2.36. The van der Waals surface area contributed by atoms with E-state index in [1.165, 1.54) is 30.6 Å². The van der Waals surface area contributed by atoms with Crippen molar-refractivity contribution < 1.29 is 9.59 Å². The lowest BCUT2D eigenvalue weighted by atomic mass is 9.95. The van der Waals surface area contributed by atoms with Gasteiger partial charge in [-0.3, -0.25) is 4.79 Å². The Morgan fingerprint density at radius 1 is 1.17 bits per heavy atom. The zero-order chi connectivity index (χ0) is 16.5. The number of urea groups is 1. The fourth-order valence-electron chi connectivity index (χ4n) is 4.58. The van der Waals surface area contributed by atoms with Crippen molar-refractivity contribution in [3.63, 3.8) is 0 Å². The van der Waals surface area contributed by atoms with Gasteiger partial charge in [0.25, 0.3) is 0 Å². The summed E-state index contributed by atoms with van der Waals surface area (Å²) >= 11 is 1.41. The monoisotopic (exact) mass is 348 g/mol. The van der Waals surface area contributed by atoms with Crippen LogP contribution in [-0.2, 0) is 4.79 Å². The number of likely N-dealkylation sites (tertiary alicyclic amines) is 1. The molecule has 7 heteroatoms. The van der Waals surface area contributed by atoms with E-state index in [0.717, 1.165) is 32.1 Å². The number of aromatic nitrogens is 1. The highest BCUT2D eigenvalue weighted by Gasteiger charge is 2.51. The van der Waals surface area contributed by atoms with Crippen LogP contribution in [0.3, 0.4) is 0 Å². The van der Waals surface area contributed by atoms with E-state index in [1.54, 1.807) is 6.20 Å². The molecule has 0 radical (unpaired) electrons. The molecule has 3 fully saturated rings. The quantitative estimate of drug-likeness (QED) is 0.882. The third-order valence-corrected chi connectivity index (χ3v) is 6.37. The van der Waals surface area contributed by atoms with Crippen molar-refractivity contribution in [2.24, 2.45) is 5.92 Å². The molecule has 1 aromatic rings. The third kappa shape index (κ3) is 3.01. The van der Waals surface area contributed by atoms with E-state index in [0.29, 0.717) is 5.13 Å². The molecule has 1 aromatic heterocycles. The normalized spacial score (nSPS) is 29.7. The average molecular weight is 348 g/mol. The van der Waals surface area contributed by atoms with Crippen LogP contribution in [0.1, 0.15) is 51.4 Å². The van der Waals surface area contributed by atoms with Crippen LogP contribution in [0.25, 0.3) is 0 Å². The molecule has 2 saturated carbocycles. The molecule has 0 spiro atoms. The van der Waals surface area contributed by atoms with Gasteiger partial charge in [0.15, 0.2) is 5.13 Å². The molecular weight excluding hydrogens is 324 g/mol. The van der Waals surface area contributed by atoms with Crippen molar-refractivity contribution in [3.05, 3.63) is 11.6 Å². The van der Waals surface area contributed by atoms with E-state index >= 15 is 0 Å². The third-order valence-electron chi connectivity index (χ3n) is 5.68. The zero-order valence-corrected chi connectivity index (χ0v) is 14.6. The summed E-state index contributed by atoms with van der Waals surface area (Å²) in [6.07, 6.45) is 10.4. The molecule has 2 heterocycles. The first-order chi connectivity index (χ1) is 11.7. The fraction of sp³-hybridized carbons (Fsp3) is 0.706. The summed E-state index contributed by atoms with van der Waals surface area (Å²) in [5.41, 5.74) is 0. The minimum absolute atomic E-state index is 0.0478.